The highest BCUT2D eigenvalue weighted by atomic mass is 35.5. The van der Waals surface area contributed by atoms with Crippen LogP contribution in [-0.4, -0.2) is 34.9 Å². The van der Waals surface area contributed by atoms with Crippen LogP contribution in [0.25, 0.3) is 10.9 Å². The number of fused-ring (bicyclic) bond motifs is 2. The standard InChI is InChI=1S/C27H30N4O.ClH/c28-17-20-5-8-23-18-31(14-12-21(23)15-20)13-11-19-6-9-24(10-7-19)29-27(32)26-16-22-3-1-2-4-25(22)30-26;/h1-5,8,15-16,19,24,30H,6-7,9-14,18H2,(H,29,32);1H. The van der Waals surface area contributed by atoms with E-state index < -0.39 is 0 Å². The summed E-state index contributed by atoms with van der Waals surface area (Å²) in [6.07, 6.45) is 6.78. The van der Waals surface area contributed by atoms with Crippen LogP contribution < -0.4 is 5.32 Å². The molecule has 0 spiro atoms. The molecule has 5 rings (SSSR count). The molecule has 3 aromatic rings. The van der Waals surface area contributed by atoms with Crippen molar-refractivity contribution in [1.82, 2.24) is 15.2 Å². The van der Waals surface area contributed by atoms with E-state index in [4.69, 9.17) is 5.26 Å². The molecule has 0 atom stereocenters. The average molecular weight is 463 g/mol. The third-order valence-corrected chi connectivity index (χ3v) is 7.24. The minimum Gasteiger partial charge on any atom is -0.351 e. The van der Waals surface area contributed by atoms with E-state index in [1.807, 2.05) is 36.4 Å². The molecule has 2 heterocycles. The van der Waals surface area contributed by atoms with E-state index in [0.29, 0.717) is 5.69 Å². The molecule has 1 fully saturated rings. The number of amides is 1. The summed E-state index contributed by atoms with van der Waals surface area (Å²) in [6.45, 7) is 3.21. The summed E-state index contributed by atoms with van der Waals surface area (Å²) < 4.78 is 0. The molecule has 1 saturated carbocycles. The van der Waals surface area contributed by atoms with Crippen molar-refractivity contribution in [2.24, 2.45) is 5.92 Å². The summed E-state index contributed by atoms with van der Waals surface area (Å²) in [5.41, 5.74) is 5.14. The first-order valence-electron chi connectivity index (χ1n) is 11.8. The van der Waals surface area contributed by atoms with Gasteiger partial charge in [0.25, 0.3) is 5.91 Å². The van der Waals surface area contributed by atoms with Crippen LogP contribution in [0.2, 0.25) is 0 Å². The van der Waals surface area contributed by atoms with Crippen LogP contribution >= 0.6 is 12.4 Å². The highest BCUT2D eigenvalue weighted by Gasteiger charge is 2.24. The van der Waals surface area contributed by atoms with Crippen molar-refractivity contribution in [3.63, 3.8) is 0 Å². The van der Waals surface area contributed by atoms with E-state index >= 15 is 0 Å². The third kappa shape index (κ3) is 5.40. The number of nitriles is 1. The van der Waals surface area contributed by atoms with E-state index in [0.717, 1.165) is 61.3 Å². The summed E-state index contributed by atoms with van der Waals surface area (Å²) >= 11 is 0. The zero-order valence-corrected chi connectivity index (χ0v) is 19.7. The van der Waals surface area contributed by atoms with E-state index in [1.165, 1.54) is 30.4 Å². The number of H-pyrrole nitrogens is 1. The molecule has 6 heteroatoms. The predicted molar refractivity (Wildman–Crippen MR) is 134 cm³/mol. The Bertz CT molecular complexity index is 1120. The number of rotatable bonds is 5. The smallest absolute Gasteiger partial charge is 0.267 e. The molecule has 2 N–H and O–H groups in total. The fraction of sp³-hybridized carbons (Fsp3) is 0.407. The van der Waals surface area contributed by atoms with Gasteiger partial charge in [-0.3, -0.25) is 9.69 Å². The lowest BCUT2D eigenvalue weighted by atomic mass is 9.84. The molecule has 0 unspecified atom stereocenters. The van der Waals surface area contributed by atoms with Crippen LogP contribution in [0.4, 0.5) is 0 Å². The van der Waals surface area contributed by atoms with Gasteiger partial charge in [-0.05, 0) is 86.4 Å². The lowest BCUT2D eigenvalue weighted by molar-refractivity contribution is 0.0915. The van der Waals surface area contributed by atoms with Crippen molar-refractivity contribution < 1.29 is 4.79 Å². The van der Waals surface area contributed by atoms with Crippen molar-refractivity contribution in [2.45, 2.75) is 51.1 Å². The number of nitrogens with zero attached hydrogens (tertiary/aromatic N) is 2. The summed E-state index contributed by atoms with van der Waals surface area (Å²) in [5.74, 6) is 0.759. The van der Waals surface area contributed by atoms with Gasteiger partial charge in [-0.15, -0.1) is 12.4 Å². The number of halogens is 1. The third-order valence-electron chi connectivity index (χ3n) is 7.24. The molecule has 2 aliphatic rings. The summed E-state index contributed by atoms with van der Waals surface area (Å²) in [4.78, 5) is 18.5. The van der Waals surface area contributed by atoms with E-state index in [-0.39, 0.29) is 24.4 Å². The second-order valence-corrected chi connectivity index (χ2v) is 9.37. The topological polar surface area (TPSA) is 71.9 Å². The first kappa shape index (κ1) is 23.4. The van der Waals surface area contributed by atoms with E-state index in [1.54, 1.807) is 0 Å². The molecule has 1 aromatic heterocycles. The zero-order chi connectivity index (χ0) is 21.9. The number of carbonyl (C=O) groups excluding carboxylic acids is 1. The van der Waals surface area contributed by atoms with Crippen LogP contribution in [0.1, 0.15) is 59.3 Å². The minimum atomic E-state index is 0. The van der Waals surface area contributed by atoms with Crippen molar-refractivity contribution in [3.8, 4) is 6.07 Å². The molecule has 1 aliphatic heterocycles. The van der Waals surface area contributed by atoms with E-state index in [9.17, 15) is 4.79 Å². The van der Waals surface area contributed by atoms with Crippen molar-refractivity contribution in [2.75, 3.05) is 13.1 Å². The lowest BCUT2D eigenvalue weighted by Crippen LogP contribution is -2.38. The second-order valence-electron chi connectivity index (χ2n) is 9.37. The van der Waals surface area contributed by atoms with Gasteiger partial charge in [-0.25, -0.2) is 0 Å². The fourth-order valence-electron chi connectivity index (χ4n) is 5.29. The Morgan fingerprint density at radius 2 is 1.91 bits per heavy atom. The molecule has 0 saturated heterocycles. The van der Waals surface area contributed by atoms with E-state index in [2.05, 4.69) is 33.4 Å². The van der Waals surface area contributed by atoms with Crippen LogP contribution in [0.5, 0.6) is 0 Å². The molecule has 5 nitrogen and oxygen atoms in total. The largest absolute Gasteiger partial charge is 0.351 e. The highest BCUT2D eigenvalue weighted by molar-refractivity contribution is 5.98. The van der Waals surface area contributed by atoms with Gasteiger partial charge < -0.3 is 10.3 Å². The number of aromatic nitrogens is 1. The number of hydrogen-bond acceptors (Lipinski definition) is 3. The maximum absolute atomic E-state index is 12.7. The molecule has 0 bridgehead atoms. The summed E-state index contributed by atoms with van der Waals surface area (Å²) in [7, 11) is 0. The maximum atomic E-state index is 12.7. The van der Waals surface area contributed by atoms with Gasteiger partial charge in [0, 0.05) is 30.0 Å². The number of hydrogen-bond donors (Lipinski definition) is 2. The van der Waals surface area contributed by atoms with Gasteiger partial charge in [0.15, 0.2) is 0 Å². The Labute approximate surface area is 201 Å². The SMILES string of the molecule is Cl.N#Cc1ccc2c(c1)CCN(CCC1CCC(NC(=O)c3cc4ccccc4[nH]3)CC1)C2. The number of para-hydroxylation sites is 1. The van der Waals surface area contributed by atoms with Crippen LogP contribution in [-0.2, 0) is 13.0 Å². The van der Waals surface area contributed by atoms with Crippen molar-refractivity contribution in [3.05, 3.63) is 70.9 Å². The Morgan fingerprint density at radius 1 is 1.09 bits per heavy atom. The van der Waals surface area contributed by atoms with Crippen LogP contribution in [0, 0.1) is 17.2 Å². The molecule has 2 aromatic carbocycles. The van der Waals surface area contributed by atoms with Gasteiger partial charge in [0.1, 0.15) is 5.69 Å². The van der Waals surface area contributed by atoms with Crippen molar-refractivity contribution >= 4 is 29.2 Å². The predicted octanol–water partition coefficient (Wildman–Crippen LogP) is 5.20. The maximum Gasteiger partial charge on any atom is 0.267 e. The van der Waals surface area contributed by atoms with Gasteiger partial charge in [0.2, 0.25) is 0 Å². The summed E-state index contributed by atoms with van der Waals surface area (Å²) in [6, 6.07) is 18.6. The summed E-state index contributed by atoms with van der Waals surface area (Å²) in [5, 5.41) is 13.4. The number of benzene rings is 2. The Hall–Kier alpha value is -2.81. The Balaban J connectivity index is 0.00000259. The number of aromatic amines is 1. The first-order valence-corrected chi connectivity index (χ1v) is 11.8. The fourth-order valence-corrected chi connectivity index (χ4v) is 5.29. The molecule has 1 amide bonds. The highest BCUT2D eigenvalue weighted by Crippen LogP contribution is 2.28. The molecule has 0 radical (unpaired) electrons. The van der Waals surface area contributed by atoms with Crippen LogP contribution in [0.3, 0.4) is 0 Å². The Kier molecular flexibility index (Phi) is 7.37. The van der Waals surface area contributed by atoms with Gasteiger partial charge in [0.05, 0.1) is 11.6 Å². The quantitative estimate of drug-likeness (QED) is 0.547. The monoisotopic (exact) mass is 462 g/mol. The Morgan fingerprint density at radius 3 is 2.70 bits per heavy atom. The zero-order valence-electron chi connectivity index (χ0n) is 18.8. The lowest BCUT2D eigenvalue weighted by Gasteiger charge is -2.33. The number of carbonyl (C=O) groups is 1. The number of nitrogens with one attached hydrogen (secondary N) is 2. The normalized spacial score (nSPS) is 20.5. The average Bonchev–Trinajstić information content (AvgIpc) is 3.28. The second kappa shape index (κ2) is 10.4. The van der Waals surface area contributed by atoms with Crippen molar-refractivity contribution in [1.29, 1.82) is 5.26 Å². The molecular weight excluding hydrogens is 432 g/mol. The molecular formula is C27H31ClN4O. The molecule has 1 aliphatic carbocycles. The molecule has 172 valence electrons. The minimum absolute atomic E-state index is 0. The van der Waals surface area contributed by atoms with Gasteiger partial charge in [-0.2, -0.15) is 5.26 Å². The van der Waals surface area contributed by atoms with Gasteiger partial charge in [-0.1, -0.05) is 24.3 Å². The van der Waals surface area contributed by atoms with Crippen LogP contribution in [0.15, 0.2) is 48.5 Å². The van der Waals surface area contributed by atoms with Gasteiger partial charge >= 0.3 is 0 Å². The molecule has 33 heavy (non-hydrogen) atoms. The first-order chi connectivity index (χ1) is 15.7.